The van der Waals surface area contributed by atoms with Crippen LogP contribution in [0.15, 0.2) is 18.2 Å². The predicted octanol–water partition coefficient (Wildman–Crippen LogP) is 2.65. The summed E-state index contributed by atoms with van der Waals surface area (Å²) in [6.07, 6.45) is 5.26. The highest BCUT2D eigenvalue weighted by molar-refractivity contribution is 5.37. The van der Waals surface area contributed by atoms with Crippen LogP contribution in [0, 0.1) is 18.4 Å². The van der Waals surface area contributed by atoms with Crippen molar-refractivity contribution < 1.29 is 4.74 Å². The normalized spacial score (nSPS) is 10.6. The molecule has 0 saturated heterocycles. The molecule has 0 aliphatic rings. The van der Waals surface area contributed by atoms with Gasteiger partial charge in [0.25, 0.3) is 0 Å². The van der Waals surface area contributed by atoms with E-state index in [1.807, 2.05) is 26.8 Å². The maximum atomic E-state index is 5.62. The molecule has 67 valence electrons. The molecule has 0 heterocycles. The van der Waals surface area contributed by atoms with E-state index in [0.29, 0.717) is 0 Å². The Hall–Kier alpha value is -1.42. The molecule has 0 unspecified atom stereocenters. The van der Waals surface area contributed by atoms with Gasteiger partial charge in [-0.2, -0.15) is 0 Å². The molecule has 0 saturated carbocycles. The predicted molar refractivity (Wildman–Crippen MR) is 53.6 cm³/mol. The van der Waals surface area contributed by atoms with E-state index in [1.54, 1.807) is 12.1 Å². The first-order chi connectivity index (χ1) is 6.01. The van der Waals surface area contributed by atoms with Gasteiger partial charge in [-0.15, -0.1) is 6.42 Å². The minimum atomic E-state index is -0.193. The Kier molecular flexibility index (Phi) is 2.63. The SMILES string of the molecule is C#Cc1c[c]cc(OC(C)(C)C)c1. The fourth-order valence-electron chi connectivity index (χ4n) is 0.946. The Bertz CT molecular complexity index is 326. The Labute approximate surface area is 79.7 Å². The molecule has 0 aliphatic carbocycles. The van der Waals surface area contributed by atoms with Crippen LogP contribution >= 0.6 is 0 Å². The monoisotopic (exact) mass is 173 g/mol. The van der Waals surface area contributed by atoms with Crippen LogP contribution in [0.25, 0.3) is 0 Å². The first-order valence-corrected chi connectivity index (χ1v) is 4.18. The van der Waals surface area contributed by atoms with Gasteiger partial charge in [0.1, 0.15) is 11.4 Å². The molecule has 0 spiro atoms. The van der Waals surface area contributed by atoms with Crippen LogP contribution in [0.1, 0.15) is 26.3 Å². The Balaban J connectivity index is 2.86. The van der Waals surface area contributed by atoms with Gasteiger partial charge in [-0.05, 0) is 45.0 Å². The number of hydrogen-bond donors (Lipinski definition) is 0. The molecule has 1 rings (SSSR count). The molecule has 1 nitrogen and oxygen atoms in total. The molecule has 0 aromatic heterocycles. The summed E-state index contributed by atoms with van der Waals surface area (Å²) in [6.45, 7) is 5.99. The number of terminal acetylenes is 1. The summed E-state index contributed by atoms with van der Waals surface area (Å²) in [5, 5.41) is 0. The highest BCUT2D eigenvalue weighted by atomic mass is 16.5. The van der Waals surface area contributed by atoms with E-state index in [4.69, 9.17) is 11.2 Å². The van der Waals surface area contributed by atoms with E-state index < -0.39 is 0 Å². The number of rotatable bonds is 1. The summed E-state index contributed by atoms with van der Waals surface area (Å²) in [5.74, 6) is 3.31. The quantitative estimate of drug-likeness (QED) is 0.593. The molecular formula is C12H13O. The summed E-state index contributed by atoms with van der Waals surface area (Å²) in [7, 11) is 0. The van der Waals surface area contributed by atoms with Gasteiger partial charge >= 0.3 is 0 Å². The maximum absolute atomic E-state index is 5.62. The molecule has 1 radical (unpaired) electrons. The fourth-order valence-corrected chi connectivity index (χ4v) is 0.946. The van der Waals surface area contributed by atoms with E-state index in [2.05, 4.69) is 12.0 Å². The highest BCUT2D eigenvalue weighted by Crippen LogP contribution is 2.18. The molecule has 0 fully saturated rings. The van der Waals surface area contributed by atoms with Crippen LogP contribution in [0.2, 0.25) is 0 Å². The first kappa shape index (κ1) is 9.67. The van der Waals surface area contributed by atoms with Crippen molar-refractivity contribution in [2.45, 2.75) is 26.4 Å². The molecule has 0 amide bonds. The molecule has 13 heavy (non-hydrogen) atoms. The molecule has 0 N–H and O–H groups in total. The van der Waals surface area contributed by atoms with Crippen molar-refractivity contribution in [3.05, 3.63) is 29.8 Å². The fraction of sp³-hybridized carbons (Fsp3) is 0.333. The van der Waals surface area contributed by atoms with Crippen molar-refractivity contribution >= 4 is 0 Å². The smallest absolute Gasteiger partial charge is 0.121 e. The van der Waals surface area contributed by atoms with Gasteiger partial charge in [0.15, 0.2) is 0 Å². The van der Waals surface area contributed by atoms with Crippen molar-refractivity contribution in [2.24, 2.45) is 0 Å². The lowest BCUT2D eigenvalue weighted by molar-refractivity contribution is 0.131. The van der Waals surface area contributed by atoms with Gasteiger partial charge in [0, 0.05) is 5.56 Å². The average Bonchev–Trinajstić information content (AvgIpc) is 2.01. The standard InChI is InChI=1S/C12H13O/c1-5-10-7-6-8-11(9-10)13-12(2,3)4/h1,7-9H,2-4H3. The Morgan fingerprint density at radius 1 is 1.38 bits per heavy atom. The van der Waals surface area contributed by atoms with Gasteiger partial charge in [-0.25, -0.2) is 0 Å². The molecule has 0 aliphatic heterocycles. The van der Waals surface area contributed by atoms with Crippen LogP contribution in [0.4, 0.5) is 0 Å². The average molecular weight is 173 g/mol. The molecule has 0 atom stereocenters. The van der Waals surface area contributed by atoms with Crippen LogP contribution in [0.5, 0.6) is 5.75 Å². The summed E-state index contributed by atoms with van der Waals surface area (Å²) in [5.41, 5.74) is 0.600. The van der Waals surface area contributed by atoms with Crippen molar-refractivity contribution in [1.29, 1.82) is 0 Å². The molecule has 1 aromatic carbocycles. The van der Waals surface area contributed by atoms with Crippen molar-refractivity contribution in [3.8, 4) is 18.1 Å². The number of hydrogen-bond acceptors (Lipinski definition) is 1. The topological polar surface area (TPSA) is 9.23 Å². The Morgan fingerprint density at radius 3 is 2.62 bits per heavy atom. The lowest BCUT2D eigenvalue weighted by Crippen LogP contribution is -2.22. The first-order valence-electron chi connectivity index (χ1n) is 4.18. The summed E-state index contributed by atoms with van der Waals surface area (Å²) in [4.78, 5) is 0. The zero-order valence-electron chi connectivity index (χ0n) is 8.22. The van der Waals surface area contributed by atoms with Crippen LogP contribution in [-0.2, 0) is 0 Å². The third kappa shape index (κ3) is 3.21. The van der Waals surface area contributed by atoms with E-state index >= 15 is 0 Å². The third-order valence-electron chi connectivity index (χ3n) is 1.35. The maximum Gasteiger partial charge on any atom is 0.121 e. The highest BCUT2D eigenvalue weighted by Gasteiger charge is 2.11. The second-order valence-corrected chi connectivity index (χ2v) is 3.82. The second kappa shape index (κ2) is 3.53. The molecular weight excluding hydrogens is 160 g/mol. The summed E-state index contributed by atoms with van der Waals surface area (Å²) >= 11 is 0. The molecule has 1 heteroatoms. The van der Waals surface area contributed by atoms with Gasteiger partial charge in [-0.1, -0.05) is 5.92 Å². The van der Waals surface area contributed by atoms with Crippen molar-refractivity contribution in [2.75, 3.05) is 0 Å². The molecule has 1 aromatic rings. The van der Waals surface area contributed by atoms with Crippen molar-refractivity contribution in [1.82, 2.24) is 0 Å². The van der Waals surface area contributed by atoms with Gasteiger partial charge in [-0.3, -0.25) is 0 Å². The van der Waals surface area contributed by atoms with E-state index in [9.17, 15) is 0 Å². The van der Waals surface area contributed by atoms with E-state index in [0.717, 1.165) is 11.3 Å². The van der Waals surface area contributed by atoms with Gasteiger partial charge in [0.05, 0.1) is 0 Å². The van der Waals surface area contributed by atoms with Crippen LogP contribution in [-0.4, -0.2) is 5.60 Å². The molecule has 0 bridgehead atoms. The van der Waals surface area contributed by atoms with E-state index in [1.165, 1.54) is 0 Å². The third-order valence-corrected chi connectivity index (χ3v) is 1.35. The second-order valence-electron chi connectivity index (χ2n) is 3.82. The van der Waals surface area contributed by atoms with Crippen LogP contribution < -0.4 is 4.74 Å². The van der Waals surface area contributed by atoms with Crippen LogP contribution in [0.3, 0.4) is 0 Å². The Morgan fingerprint density at radius 2 is 2.08 bits per heavy atom. The largest absolute Gasteiger partial charge is 0.488 e. The van der Waals surface area contributed by atoms with Gasteiger partial charge in [0.2, 0.25) is 0 Å². The zero-order chi connectivity index (χ0) is 9.90. The summed E-state index contributed by atoms with van der Waals surface area (Å²) < 4.78 is 5.62. The lowest BCUT2D eigenvalue weighted by Gasteiger charge is -2.21. The van der Waals surface area contributed by atoms with Gasteiger partial charge < -0.3 is 4.74 Å². The lowest BCUT2D eigenvalue weighted by atomic mass is 10.2. The minimum absolute atomic E-state index is 0.193. The van der Waals surface area contributed by atoms with E-state index in [-0.39, 0.29) is 5.60 Å². The zero-order valence-corrected chi connectivity index (χ0v) is 8.22. The van der Waals surface area contributed by atoms with Crippen molar-refractivity contribution in [3.63, 3.8) is 0 Å². The number of benzene rings is 1. The summed E-state index contributed by atoms with van der Waals surface area (Å²) in [6, 6.07) is 8.31. The number of ether oxygens (including phenoxy) is 1. The minimum Gasteiger partial charge on any atom is -0.488 e.